The van der Waals surface area contributed by atoms with Gasteiger partial charge in [0.15, 0.2) is 0 Å². The molecule has 0 spiro atoms. The van der Waals surface area contributed by atoms with Gasteiger partial charge in [-0.25, -0.2) is 14.4 Å². The van der Waals surface area contributed by atoms with Crippen LogP contribution in [0.1, 0.15) is 87.5 Å². The monoisotopic (exact) mass is 929 g/mol. The minimum absolute atomic E-state index is 0.156. The smallest absolute Gasteiger partial charge is 0.330 e. The van der Waals surface area contributed by atoms with Crippen molar-refractivity contribution >= 4 is 17.9 Å². The molecule has 0 saturated carbocycles. The Kier molecular flexibility index (Phi) is 57.7. The van der Waals surface area contributed by atoms with Crippen LogP contribution in [0.2, 0.25) is 0 Å². The summed E-state index contributed by atoms with van der Waals surface area (Å²) in [5, 5.41) is 154. The second-order valence-electron chi connectivity index (χ2n) is 14.9. The fraction of sp³-hybridized carbons (Fsp3) is 0.786. The lowest BCUT2D eigenvalue weighted by atomic mass is 9.88. The standard InChI is InChI=1S/5C6H14O3.3C4H6O2/c5*1-2-6(3-7,4-8)5-9;3*1-3(2)4(5)6/h5*7-9H,2-5H2,1H3;3*1H2,2H3,(H,5,6). The first-order valence-electron chi connectivity index (χ1n) is 19.9. The Morgan fingerprint density at radius 2 is 0.349 bits per heavy atom. The van der Waals surface area contributed by atoms with Crippen LogP contribution >= 0.6 is 0 Å². The molecule has 0 aromatic carbocycles. The first-order valence-corrected chi connectivity index (χ1v) is 19.9. The van der Waals surface area contributed by atoms with Crippen molar-refractivity contribution in [2.45, 2.75) is 87.5 Å². The van der Waals surface area contributed by atoms with Crippen LogP contribution < -0.4 is 0 Å². The molecule has 0 heterocycles. The maximum absolute atomic E-state index is 9.60. The average molecular weight is 929 g/mol. The molecule has 0 rings (SSSR count). The fourth-order valence-electron chi connectivity index (χ4n) is 2.43. The molecule has 382 valence electrons. The van der Waals surface area contributed by atoms with Crippen molar-refractivity contribution in [3.63, 3.8) is 0 Å². The van der Waals surface area contributed by atoms with Gasteiger partial charge in [0.25, 0.3) is 0 Å². The molecule has 63 heavy (non-hydrogen) atoms. The van der Waals surface area contributed by atoms with Crippen LogP contribution in [-0.4, -0.2) is 209 Å². The van der Waals surface area contributed by atoms with Gasteiger partial charge < -0.3 is 91.9 Å². The zero-order chi connectivity index (χ0) is 52.1. The Morgan fingerprint density at radius 3 is 0.349 bits per heavy atom. The normalized spacial score (nSPS) is 10.7. The van der Waals surface area contributed by atoms with Crippen molar-refractivity contribution in [2.75, 3.05) is 99.1 Å². The Balaban J connectivity index is -0.0000000920. The molecule has 0 aliphatic carbocycles. The predicted octanol–water partition coefficient (Wildman–Crippen LogP) is -1.26. The molecule has 0 fully saturated rings. The maximum Gasteiger partial charge on any atom is 0.330 e. The molecule has 0 radical (unpaired) electrons. The van der Waals surface area contributed by atoms with E-state index in [0.29, 0.717) is 32.1 Å². The summed E-state index contributed by atoms with van der Waals surface area (Å²) in [4.78, 5) is 28.8. The van der Waals surface area contributed by atoms with E-state index < -0.39 is 45.0 Å². The highest BCUT2D eigenvalue weighted by molar-refractivity contribution is 5.85. The third kappa shape index (κ3) is 40.3. The van der Waals surface area contributed by atoms with Crippen LogP contribution in [0.3, 0.4) is 0 Å². The predicted molar refractivity (Wildman–Crippen MR) is 237 cm³/mol. The lowest BCUT2D eigenvalue weighted by Crippen LogP contribution is -2.32. The maximum atomic E-state index is 9.60. The van der Waals surface area contributed by atoms with Gasteiger partial charge in [-0.05, 0) is 52.9 Å². The van der Waals surface area contributed by atoms with Crippen LogP contribution in [0.4, 0.5) is 0 Å². The van der Waals surface area contributed by atoms with Gasteiger partial charge in [0.1, 0.15) is 0 Å². The van der Waals surface area contributed by atoms with Gasteiger partial charge in [-0.1, -0.05) is 54.4 Å². The van der Waals surface area contributed by atoms with E-state index in [0.717, 1.165) is 0 Å². The lowest BCUT2D eigenvalue weighted by molar-refractivity contribution is -0.133. The third-order valence-electron chi connectivity index (χ3n) is 9.88. The minimum Gasteiger partial charge on any atom is -0.478 e. The number of carboxylic acid groups (broad SMARTS) is 3. The largest absolute Gasteiger partial charge is 0.478 e. The van der Waals surface area contributed by atoms with Crippen LogP contribution in [0, 0.1) is 27.1 Å². The van der Waals surface area contributed by atoms with E-state index in [1.165, 1.54) is 20.8 Å². The molecule has 0 aliphatic heterocycles. The van der Waals surface area contributed by atoms with E-state index >= 15 is 0 Å². The summed E-state index contributed by atoms with van der Waals surface area (Å²) in [5.74, 6) is -2.81. The van der Waals surface area contributed by atoms with Gasteiger partial charge in [0, 0.05) is 43.8 Å². The Labute approximate surface area is 373 Å². The highest BCUT2D eigenvalue weighted by Gasteiger charge is 2.27. The number of aliphatic hydroxyl groups is 15. The van der Waals surface area contributed by atoms with E-state index in [1.54, 1.807) is 0 Å². The van der Waals surface area contributed by atoms with Gasteiger partial charge in [-0.3, -0.25) is 0 Å². The molecule has 21 nitrogen and oxygen atoms in total. The number of carboxylic acids is 3. The van der Waals surface area contributed by atoms with E-state index in [4.69, 9.17) is 91.9 Å². The number of carbonyl (C=O) groups is 3. The molecule has 0 atom stereocenters. The third-order valence-corrected chi connectivity index (χ3v) is 9.88. The molecular formula is C42H88O21. The van der Waals surface area contributed by atoms with E-state index in [-0.39, 0.29) is 116 Å². The van der Waals surface area contributed by atoms with Gasteiger partial charge in [0.2, 0.25) is 0 Å². The SMILES string of the molecule is C=C(C)C(=O)O.C=C(C)C(=O)O.C=C(C)C(=O)O.CCC(CO)(CO)CO.CCC(CO)(CO)CO.CCC(CO)(CO)CO.CCC(CO)(CO)CO.CCC(CO)(CO)CO. The fourth-order valence-corrected chi connectivity index (χ4v) is 2.43. The number of aliphatic hydroxyl groups excluding tert-OH is 15. The van der Waals surface area contributed by atoms with Crippen LogP contribution in [0.5, 0.6) is 0 Å². The molecular weight excluding hydrogens is 840 g/mol. The van der Waals surface area contributed by atoms with Gasteiger partial charge in [-0.2, -0.15) is 0 Å². The van der Waals surface area contributed by atoms with Crippen molar-refractivity contribution in [2.24, 2.45) is 27.1 Å². The summed E-state index contributed by atoms with van der Waals surface area (Å²) in [5.41, 5.74) is -2.81. The summed E-state index contributed by atoms with van der Waals surface area (Å²) < 4.78 is 0. The van der Waals surface area contributed by atoms with Gasteiger partial charge in [0.05, 0.1) is 99.1 Å². The molecule has 0 amide bonds. The second kappa shape index (κ2) is 47.0. The lowest BCUT2D eigenvalue weighted by Gasteiger charge is -2.24. The highest BCUT2D eigenvalue weighted by Crippen LogP contribution is 2.21. The van der Waals surface area contributed by atoms with E-state index in [1.807, 2.05) is 34.6 Å². The molecule has 0 unspecified atom stereocenters. The van der Waals surface area contributed by atoms with Crippen molar-refractivity contribution < 1.29 is 106 Å². The van der Waals surface area contributed by atoms with E-state index in [2.05, 4.69) is 19.7 Å². The Bertz CT molecular complexity index is 812. The molecule has 18 N–H and O–H groups in total. The number of rotatable bonds is 23. The highest BCUT2D eigenvalue weighted by atomic mass is 16.4. The van der Waals surface area contributed by atoms with E-state index in [9.17, 15) is 14.4 Å². The van der Waals surface area contributed by atoms with Crippen LogP contribution in [-0.2, 0) is 14.4 Å². The Hall–Kier alpha value is -2.97. The number of aliphatic carboxylic acids is 3. The van der Waals surface area contributed by atoms with Crippen molar-refractivity contribution in [1.82, 2.24) is 0 Å². The summed E-state index contributed by atoms with van der Waals surface area (Å²) in [6.45, 7) is 20.6. The van der Waals surface area contributed by atoms with Crippen molar-refractivity contribution in [3.8, 4) is 0 Å². The number of hydrogen-bond acceptors (Lipinski definition) is 18. The summed E-state index contributed by atoms with van der Waals surface area (Å²) in [7, 11) is 0. The van der Waals surface area contributed by atoms with Gasteiger partial charge in [-0.15, -0.1) is 0 Å². The van der Waals surface area contributed by atoms with Crippen LogP contribution in [0.15, 0.2) is 36.5 Å². The summed E-state index contributed by atoms with van der Waals surface area (Å²) >= 11 is 0. The van der Waals surface area contributed by atoms with Gasteiger partial charge >= 0.3 is 17.9 Å². The molecule has 0 aromatic heterocycles. The van der Waals surface area contributed by atoms with Crippen molar-refractivity contribution in [3.05, 3.63) is 36.5 Å². The topological polar surface area (TPSA) is 415 Å². The first-order chi connectivity index (χ1) is 29.1. The summed E-state index contributed by atoms with van der Waals surface area (Å²) in [6, 6.07) is 0. The molecule has 0 saturated heterocycles. The second-order valence-corrected chi connectivity index (χ2v) is 14.9. The molecule has 0 aliphatic rings. The zero-order valence-electron chi connectivity index (χ0n) is 39.0. The number of hydrogen-bond donors (Lipinski definition) is 18. The average Bonchev–Trinajstić information content (AvgIpc) is 3.30. The molecule has 21 heteroatoms. The Morgan fingerprint density at radius 1 is 0.286 bits per heavy atom. The quantitative estimate of drug-likeness (QED) is 0.0532. The molecule has 0 aromatic rings. The van der Waals surface area contributed by atoms with Crippen molar-refractivity contribution in [1.29, 1.82) is 0 Å². The minimum atomic E-state index is -0.935. The zero-order valence-corrected chi connectivity index (χ0v) is 39.0. The molecule has 0 bridgehead atoms. The summed E-state index contributed by atoms with van der Waals surface area (Å²) in [6.07, 6.45) is 2.97. The van der Waals surface area contributed by atoms with Crippen LogP contribution in [0.25, 0.3) is 0 Å². The first kappa shape index (κ1) is 77.3.